The third-order valence-electron chi connectivity index (χ3n) is 2.44. The molecule has 0 aliphatic carbocycles. The van der Waals surface area contributed by atoms with E-state index in [1.54, 1.807) is 14.2 Å². The molecule has 0 aliphatic rings. The highest BCUT2D eigenvalue weighted by Gasteiger charge is 2.13. The minimum Gasteiger partial charge on any atom is -0.384 e. The molecular weight excluding hydrogens is 164 g/mol. The van der Waals surface area contributed by atoms with Gasteiger partial charge in [-0.1, -0.05) is 20.8 Å². The molecule has 0 saturated carbocycles. The van der Waals surface area contributed by atoms with Crippen molar-refractivity contribution in [2.24, 2.45) is 11.8 Å². The molecule has 0 saturated heterocycles. The van der Waals surface area contributed by atoms with Gasteiger partial charge in [-0.15, -0.1) is 0 Å². The smallest absolute Gasteiger partial charge is 0.0594 e. The van der Waals surface area contributed by atoms with E-state index >= 15 is 0 Å². The van der Waals surface area contributed by atoms with Crippen LogP contribution in [0, 0.1) is 11.8 Å². The van der Waals surface area contributed by atoms with E-state index in [-0.39, 0.29) is 0 Å². The van der Waals surface area contributed by atoms with Crippen LogP contribution in [0.3, 0.4) is 0 Å². The van der Waals surface area contributed by atoms with Crippen molar-refractivity contribution in [2.45, 2.75) is 39.7 Å². The molecule has 13 heavy (non-hydrogen) atoms. The summed E-state index contributed by atoms with van der Waals surface area (Å²) in [6, 6.07) is 0. The number of hydrogen-bond acceptors (Lipinski definition) is 2. The zero-order valence-corrected chi connectivity index (χ0v) is 9.67. The third kappa shape index (κ3) is 6.05. The fourth-order valence-electron chi connectivity index (χ4n) is 1.54. The first-order chi connectivity index (χ1) is 6.11. The highest BCUT2D eigenvalue weighted by atomic mass is 16.5. The summed E-state index contributed by atoms with van der Waals surface area (Å²) in [7, 11) is 3.55. The lowest BCUT2D eigenvalue weighted by Crippen LogP contribution is -2.19. The highest BCUT2D eigenvalue weighted by molar-refractivity contribution is 4.64. The van der Waals surface area contributed by atoms with E-state index in [9.17, 15) is 0 Å². The Kier molecular flexibility index (Phi) is 7.29. The molecule has 0 aromatic carbocycles. The molecule has 80 valence electrons. The Morgan fingerprint density at radius 2 is 1.62 bits per heavy atom. The molecule has 0 fully saturated rings. The second-order valence-electron chi connectivity index (χ2n) is 4.16. The van der Waals surface area contributed by atoms with Crippen molar-refractivity contribution < 1.29 is 9.47 Å². The lowest BCUT2D eigenvalue weighted by molar-refractivity contribution is 0.0487. The average molecular weight is 188 g/mol. The van der Waals surface area contributed by atoms with Gasteiger partial charge in [-0.25, -0.2) is 0 Å². The molecule has 0 heterocycles. The second kappa shape index (κ2) is 7.34. The Labute approximate surface area is 82.6 Å². The van der Waals surface area contributed by atoms with Crippen LogP contribution in [0.5, 0.6) is 0 Å². The first-order valence-electron chi connectivity index (χ1n) is 5.13. The molecule has 0 radical (unpaired) electrons. The summed E-state index contributed by atoms with van der Waals surface area (Å²) >= 11 is 0. The average Bonchev–Trinajstić information content (AvgIpc) is 2.05. The van der Waals surface area contributed by atoms with E-state index in [2.05, 4.69) is 20.8 Å². The van der Waals surface area contributed by atoms with Crippen molar-refractivity contribution in [3.05, 3.63) is 0 Å². The van der Waals surface area contributed by atoms with E-state index in [4.69, 9.17) is 9.47 Å². The minimum atomic E-state index is 0.402. The number of hydrogen-bond donors (Lipinski definition) is 0. The van der Waals surface area contributed by atoms with Crippen LogP contribution in [0.25, 0.3) is 0 Å². The van der Waals surface area contributed by atoms with Gasteiger partial charge in [0.25, 0.3) is 0 Å². The van der Waals surface area contributed by atoms with Gasteiger partial charge in [0.2, 0.25) is 0 Å². The Morgan fingerprint density at radius 1 is 1.00 bits per heavy atom. The Bertz CT molecular complexity index is 113. The summed E-state index contributed by atoms with van der Waals surface area (Å²) in [5.74, 6) is 1.25. The van der Waals surface area contributed by atoms with Crippen molar-refractivity contribution in [1.29, 1.82) is 0 Å². The molecule has 2 nitrogen and oxygen atoms in total. The molecule has 2 heteroatoms. The molecule has 0 spiro atoms. The zero-order chi connectivity index (χ0) is 10.3. The first kappa shape index (κ1) is 12.9. The maximum Gasteiger partial charge on any atom is 0.0594 e. The summed E-state index contributed by atoms with van der Waals surface area (Å²) in [5, 5.41) is 0. The van der Waals surface area contributed by atoms with Gasteiger partial charge < -0.3 is 9.47 Å². The van der Waals surface area contributed by atoms with Crippen LogP contribution in [0.15, 0.2) is 0 Å². The summed E-state index contributed by atoms with van der Waals surface area (Å²) in [4.78, 5) is 0. The zero-order valence-electron chi connectivity index (χ0n) is 9.67. The van der Waals surface area contributed by atoms with E-state index in [1.165, 1.54) is 6.42 Å². The molecule has 0 aromatic heterocycles. The van der Waals surface area contributed by atoms with Gasteiger partial charge >= 0.3 is 0 Å². The molecule has 2 unspecified atom stereocenters. The van der Waals surface area contributed by atoms with Crippen molar-refractivity contribution in [2.75, 3.05) is 20.8 Å². The predicted molar refractivity (Wildman–Crippen MR) is 55.9 cm³/mol. The Morgan fingerprint density at radius 3 is 2.00 bits per heavy atom. The fraction of sp³-hybridized carbons (Fsp3) is 1.00. The fourth-order valence-corrected chi connectivity index (χ4v) is 1.54. The highest BCUT2D eigenvalue weighted by Crippen LogP contribution is 2.15. The van der Waals surface area contributed by atoms with Gasteiger partial charge in [0.1, 0.15) is 0 Å². The summed E-state index contributed by atoms with van der Waals surface area (Å²) in [6.07, 6.45) is 2.72. The van der Waals surface area contributed by atoms with Crippen LogP contribution < -0.4 is 0 Å². The SMILES string of the molecule is COCC(C)CCC(OC)C(C)C. The quantitative estimate of drug-likeness (QED) is 0.611. The number of methoxy groups -OCH3 is 2. The predicted octanol–water partition coefficient (Wildman–Crippen LogP) is 2.72. The molecule has 0 rings (SSSR count). The van der Waals surface area contributed by atoms with Gasteiger partial charge in [-0.05, 0) is 24.7 Å². The lowest BCUT2D eigenvalue weighted by Gasteiger charge is -2.20. The molecule has 0 N–H and O–H groups in total. The second-order valence-corrected chi connectivity index (χ2v) is 4.16. The molecule has 0 aromatic rings. The maximum absolute atomic E-state index is 5.40. The van der Waals surface area contributed by atoms with Crippen molar-refractivity contribution in [1.82, 2.24) is 0 Å². The third-order valence-corrected chi connectivity index (χ3v) is 2.44. The van der Waals surface area contributed by atoms with Gasteiger partial charge in [-0.2, -0.15) is 0 Å². The Hall–Kier alpha value is -0.0800. The largest absolute Gasteiger partial charge is 0.384 e. The molecule has 2 atom stereocenters. The van der Waals surface area contributed by atoms with Gasteiger partial charge in [0.05, 0.1) is 6.10 Å². The monoisotopic (exact) mass is 188 g/mol. The van der Waals surface area contributed by atoms with Crippen LogP contribution in [-0.2, 0) is 9.47 Å². The van der Waals surface area contributed by atoms with Crippen LogP contribution in [0.4, 0.5) is 0 Å². The minimum absolute atomic E-state index is 0.402. The van der Waals surface area contributed by atoms with E-state index in [0.29, 0.717) is 17.9 Å². The molecule has 0 aliphatic heterocycles. The van der Waals surface area contributed by atoms with E-state index in [1.807, 2.05) is 0 Å². The van der Waals surface area contributed by atoms with Crippen molar-refractivity contribution in [3.63, 3.8) is 0 Å². The lowest BCUT2D eigenvalue weighted by atomic mass is 9.97. The standard InChI is InChI=1S/C11H24O2/c1-9(2)11(13-5)7-6-10(3)8-12-4/h9-11H,6-8H2,1-5H3. The van der Waals surface area contributed by atoms with Crippen molar-refractivity contribution >= 4 is 0 Å². The van der Waals surface area contributed by atoms with Gasteiger partial charge in [-0.3, -0.25) is 0 Å². The van der Waals surface area contributed by atoms with E-state index in [0.717, 1.165) is 13.0 Å². The summed E-state index contributed by atoms with van der Waals surface area (Å²) < 4.78 is 10.5. The maximum atomic E-state index is 5.40. The van der Waals surface area contributed by atoms with Crippen LogP contribution in [0.2, 0.25) is 0 Å². The molecular formula is C11H24O2. The topological polar surface area (TPSA) is 18.5 Å². The van der Waals surface area contributed by atoms with E-state index < -0.39 is 0 Å². The van der Waals surface area contributed by atoms with Crippen molar-refractivity contribution in [3.8, 4) is 0 Å². The van der Waals surface area contributed by atoms with Gasteiger partial charge in [0.15, 0.2) is 0 Å². The summed E-state index contributed by atoms with van der Waals surface area (Å²) in [5.41, 5.74) is 0. The first-order valence-corrected chi connectivity index (χ1v) is 5.13. The van der Waals surface area contributed by atoms with Crippen LogP contribution >= 0.6 is 0 Å². The van der Waals surface area contributed by atoms with Crippen LogP contribution in [-0.4, -0.2) is 26.9 Å². The Balaban J connectivity index is 3.59. The molecule has 0 amide bonds. The number of rotatable bonds is 7. The summed E-state index contributed by atoms with van der Waals surface area (Å²) in [6.45, 7) is 7.48. The van der Waals surface area contributed by atoms with Gasteiger partial charge in [0, 0.05) is 20.8 Å². The molecule has 0 bridgehead atoms. The normalized spacial score (nSPS) is 16.2. The van der Waals surface area contributed by atoms with Crippen LogP contribution in [0.1, 0.15) is 33.6 Å². The number of ether oxygens (including phenoxy) is 2.